The van der Waals surface area contributed by atoms with Crippen LogP contribution >= 0.6 is 0 Å². The minimum Gasteiger partial charge on any atom is -0.340 e. The van der Waals surface area contributed by atoms with Crippen LogP contribution in [0, 0.1) is 5.92 Å². The fourth-order valence-corrected chi connectivity index (χ4v) is 3.90. The summed E-state index contributed by atoms with van der Waals surface area (Å²) in [4.78, 5) is 17.2. The van der Waals surface area contributed by atoms with Crippen LogP contribution in [-0.4, -0.2) is 54.0 Å². The third kappa shape index (κ3) is 2.41. The van der Waals surface area contributed by atoms with Gasteiger partial charge in [-0.25, -0.2) is 0 Å². The van der Waals surface area contributed by atoms with Crippen LogP contribution in [0.4, 0.5) is 0 Å². The predicted molar refractivity (Wildman–Crippen MR) is 71.1 cm³/mol. The van der Waals surface area contributed by atoms with Gasteiger partial charge in [0, 0.05) is 37.6 Å². The monoisotopic (exact) mass is 251 g/mol. The van der Waals surface area contributed by atoms with Crippen LogP contribution in [0.2, 0.25) is 0 Å². The Labute approximate surface area is 109 Å². The van der Waals surface area contributed by atoms with Gasteiger partial charge in [0.15, 0.2) is 0 Å². The molecule has 18 heavy (non-hydrogen) atoms. The highest BCUT2D eigenvalue weighted by molar-refractivity contribution is 5.79. The lowest BCUT2D eigenvalue weighted by Gasteiger charge is -2.40. The number of piperazine rings is 1. The molecule has 0 aromatic rings. The van der Waals surface area contributed by atoms with E-state index in [0.29, 0.717) is 11.9 Å². The summed E-state index contributed by atoms with van der Waals surface area (Å²) in [5.41, 5.74) is 6.00. The number of carbonyl (C=O) groups is 1. The van der Waals surface area contributed by atoms with E-state index in [4.69, 9.17) is 5.73 Å². The van der Waals surface area contributed by atoms with Crippen molar-refractivity contribution >= 4 is 5.91 Å². The smallest absolute Gasteiger partial charge is 0.225 e. The number of rotatable bonds is 1. The summed E-state index contributed by atoms with van der Waals surface area (Å²) in [6, 6.07) is 0.889. The SMILES string of the molecule is NC1CCCC(C(=O)N2CCN3CCCC3C2)C1. The van der Waals surface area contributed by atoms with Crippen LogP contribution in [0.25, 0.3) is 0 Å². The van der Waals surface area contributed by atoms with E-state index in [-0.39, 0.29) is 12.0 Å². The van der Waals surface area contributed by atoms with E-state index in [9.17, 15) is 4.79 Å². The Balaban J connectivity index is 1.59. The molecule has 102 valence electrons. The van der Waals surface area contributed by atoms with Crippen molar-refractivity contribution in [1.29, 1.82) is 0 Å². The van der Waals surface area contributed by atoms with Gasteiger partial charge < -0.3 is 10.6 Å². The molecule has 2 saturated heterocycles. The Morgan fingerprint density at radius 3 is 2.78 bits per heavy atom. The van der Waals surface area contributed by atoms with E-state index in [0.717, 1.165) is 45.3 Å². The van der Waals surface area contributed by atoms with Gasteiger partial charge in [-0.2, -0.15) is 0 Å². The molecule has 0 aromatic heterocycles. The number of nitrogens with two attached hydrogens (primary N) is 1. The fraction of sp³-hybridized carbons (Fsp3) is 0.929. The molecule has 3 aliphatic rings. The highest BCUT2D eigenvalue weighted by Gasteiger charge is 2.35. The first-order chi connectivity index (χ1) is 8.74. The van der Waals surface area contributed by atoms with Gasteiger partial charge >= 0.3 is 0 Å². The minimum atomic E-state index is 0.210. The lowest BCUT2D eigenvalue weighted by molar-refractivity contribution is -0.139. The van der Waals surface area contributed by atoms with Crippen LogP contribution in [0.1, 0.15) is 38.5 Å². The zero-order valence-electron chi connectivity index (χ0n) is 11.2. The number of fused-ring (bicyclic) bond motifs is 1. The summed E-state index contributed by atoms with van der Waals surface area (Å²) in [6.45, 7) is 4.21. The molecule has 0 spiro atoms. The molecule has 4 heteroatoms. The molecule has 2 heterocycles. The summed E-state index contributed by atoms with van der Waals surface area (Å²) in [5, 5.41) is 0. The van der Waals surface area contributed by atoms with Crippen LogP contribution in [-0.2, 0) is 4.79 Å². The second kappa shape index (κ2) is 5.17. The van der Waals surface area contributed by atoms with Gasteiger partial charge in [-0.15, -0.1) is 0 Å². The van der Waals surface area contributed by atoms with E-state index in [1.54, 1.807) is 0 Å². The number of carbonyl (C=O) groups excluding carboxylic acids is 1. The van der Waals surface area contributed by atoms with Crippen molar-refractivity contribution in [2.75, 3.05) is 26.2 Å². The molecule has 1 amide bonds. The van der Waals surface area contributed by atoms with Crippen molar-refractivity contribution in [3.05, 3.63) is 0 Å². The van der Waals surface area contributed by atoms with Gasteiger partial charge in [0.25, 0.3) is 0 Å². The second-order valence-corrected chi connectivity index (χ2v) is 6.24. The van der Waals surface area contributed by atoms with Crippen molar-refractivity contribution in [2.24, 2.45) is 11.7 Å². The zero-order valence-corrected chi connectivity index (χ0v) is 11.2. The third-order valence-electron chi connectivity index (χ3n) is 4.96. The topological polar surface area (TPSA) is 49.6 Å². The first-order valence-electron chi connectivity index (χ1n) is 7.52. The van der Waals surface area contributed by atoms with Crippen LogP contribution < -0.4 is 5.73 Å². The lowest BCUT2D eigenvalue weighted by Crippen LogP contribution is -2.54. The maximum Gasteiger partial charge on any atom is 0.225 e. The standard InChI is InChI=1S/C14H25N3O/c15-12-4-1-3-11(9-12)14(18)17-8-7-16-6-2-5-13(16)10-17/h11-13H,1-10,15H2. The summed E-state index contributed by atoms with van der Waals surface area (Å²) >= 11 is 0. The second-order valence-electron chi connectivity index (χ2n) is 6.24. The number of hydrogen-bond donors (Lipinski definition) is 1. The van der Waals surface area contributed by atoms with Crippen molar-refractivity contribution in [1.82, 2.24) is 9.80 Å². The summed E-state index contributed by atoms with van der Waals surface area (Å²) in [6.07, 6.45) is 6.76. The minimum absolute atomic E-state index is 0.210. The van der Waals surface area contributed by atoms with Crippen molar-refractivity contribution in [2.45, 2.75) is 50.6 Å². The van der Waals surface area contributed by atoms with Crippen molar-refractivity contribution in [3.8, 4) is 0 Å². The summed E-state index contributed by atoms with van der Waals surface area (Å²) < 4.78 is 0. The van der Waals surface area contributed by atoms with Crippen LogP contribution in [0.3, 0.4) is 0 Å². The molecular formula is C14H25N3O. The van der Waals surface area contributed by atoms with Gasteiger partial charge in [0.1, 0.15) is 0 Å². The zero-order chi connectivity index (χ0) is 12.5. The van der Waals surface area contributed by atoms with Crippen molar-refractivity contribution < 1.29 is 4.79 Å². The highest BCUT2D eigenvalue weighted by atomic mass is 16.2. The molecule has 3 fully saturated rings. The fourth-order valence-electron chi connectivity index (χ4n) is 3.90. The Morgan fingerprint density at radius 1 is 1.06 bits per heavy atom. The Morgan fingerprint density at radius 2 is 1.94 bits per heavy atom. The highest BCUT2D eigenvalue weighted by Crippen LogP contribution is 2.27. The molecule has 4 nitrogen and oxygen atoms in total. The van der Waals surface area contributed by atoms with E-state index in [1.165, 1.54) is 19.4 Å². The Bertz CT molecular complexity index is 320. The quantitative estimate of drug-likeness (QED) is 0.750. The molecule has 0 radical (unpaired) electrons. The lowest BCUT2D eigenvalue weighted by atomic mass is 9.85. The molecule has 3 rings (SSSR count). The Kier molecular flexibility index (Phi) is 3.57. The molecule has 1 aliphatic carbocycles. The van der Waals surface area contributed by atoms with Gasteiger partial charge in [0.05, 0.1) is 0 Å². The maximum atomic E-state index is 12.5. The molecule has 1 saturated carbocycles. The number of nitrogens with zero attached hydrogens (tertiary/aromatic N) is 2. The van der Waals surface area contributed by atoms with E-state index >= 15 is 0 Å². The van der Waals surface area contributed by atoms with E-state index < -0.39 is 0 Å². The predicted octanol–water partition coefficient (Wildman–Crippen LogP) is 0.810. The van der Waals surface area contributed by atoms with Gasteiger partial charge in [-0.3, -0.25) is 9.69 Å². The normalized spacial score (nSPS) is 37.6. The van der Waals surface area contributed by atoms with E-state index in [2.05, 4.69) is 9.80 Å². The van der Waals surface area contributed by atoms with Crippen LogP contribution in [0.5, 0.6) is 0 Å². The van der Waals surface area contributed by atoms with E-state index in [1.807, 2.05) is 0 Å². The molecule has 3 unspecified atom stereocenters. The Hall–Kier alpha value is -0.610. The first kappa shape index (κ1) is 12.4. The van der Waals surface area contributed by atoms with Crippen molar-refractivity contribution in [3.63, 3.8) is 0 Å². The number of amides is 1. The number of hydrogen-bond acceptors (Lipinski definition) is 3. The summed E-state index contributed by atoms with van der Waals surface area (Å²) in [7, 11) is 0. The average Bonchev–Trinajstić information content (AvgIpc) is 2.85. The third-order valence-corrected chi connectivity index (χ3v) is 4.96. The molecule has 2 N–H and O–H groups in total. The first-order valence-corrected chi connectivity index (χ1v) is 7.52. The van der Waals surface area contributed by atoms with Gasteiger partial charge in [-0.05, 0) is 38.6 Å². The van der Waals surface area contributed by atoms with Crippen LogP contribution in [0.15, 0.2) is 0 Å². The average molecular weight is 251 g/mol. The largest absolute Gasteiger partial charge is 0.340 e. The maximum absolute atomic E-state index is 12.5. The van der Waals surface area contributed by atoms with Gasteiger partial charge in [-0.1, -0.05) is 6.42 Å². The van der Waals surface area contributed by atoms with Gasteiger partial charge in [0.2, 0.25) is 5.91 Å². The molecule has 3 atom stereocenters. The molecule has 0 aromatic carbocycles. The summed E-state index contributed by atoms with van der Waals surface area (Å²) in [5.74, 6) is 0.596. The molecule has 2 aliphatic heterocycles. The molecular weight excluding hydrogens is 226 g/mol. The molecule has 0 bridgehead atoms.